The Kier molecular flexibility index (Phi) is 3.52. The second-order valence-corrected chi connectivity index (χ2v) is 4.25. The van der Waals surface area contributed by atoms with Crippen molar-refractivity contribution in [1.29, 1.82) is 0 Å². The van der Waals surface area contributed by atoms with Crippen LogP contribution in [0.15, 0.2) is 43.0 Å². The Hall–Kier alpha value is -1.41. The van der Waals surface area contributed by atoms with Crippen molar-refractivity contribution in [2.45, 2.75) is 12.3 Å². The number of carbonyl (C=O) groups is 1. The van der Waals surface area contributed by atoms with Crippen LogP contribution in [0.4, 0.5) is 0 Å². The minimum atomic E-state index is 0.236. The first kappa shape index (κ1) is 11.1. The number of ketones is 1. The van der Waals surface area contributed by atoms with Gasteiger partial charge in [0.1, 0.15) is 5.78 Å². The summed E-state index contributed by atoms with van der Waals surface area (Å²) in [5.74, 6) is 1.02. The van der Waals surface area contributed by atoms with Crippen LogP contribution in [0.1, 0.15) is 17.9 Å². The predicted octanol–water partition coefficient (Wildman–Crippen LogP) is 2.13. The second kappa shape index (κ2) is 5.08. The topological polar surface area (TPSA) is 29.1 Å². The van der Waals surface area contributed by atoms with Crippen molar-refractivity contribution in [2.75, 3.05) is 13.1 Å². The lowest BCUT2D eigenvalue weighted by atomic mass is 10.1. The minimum Gasteiger partial charge on any atom is -0.307 e. The largest absolute Gasteiger partial charge is 0.307 e. The summed E-state index contributed by atoms with van der Waals surface area (Å²) in [6.45, 7) is 4.78. The molecular weight excluding hydrogens is 198 g/mol. The summed E-state index contributed by atoms with van der Waals surface area (Å²) < 4.78 is 0. The Bertz CT molecular complexity index is 372. The summed E-state index contributed by atoms with van der Waals surface area (Å²) in [6.07, 6.45) is 2.79. The lowest BCUT2D eigenvalue weighted by molar-refractivity contribution is -0.119. The molecule has 84 valence electrons. The van der Waals surface area contributed by atoms with Gasteiger partial charge in [0.15, 0.2) is 0 Å². The fourth-order valence-corrected chi connectivity index (χ4v) is 2.05. The van der Waals surface area contributed by atoms with E-state index in [1.165, 1.54) is 5.56 Å². The number of benzene rings is 1. The first-order chi connectivity index (χ1) is 7.83. The zero-order chi connectivity index (χ0) is 11.4. The van der Waals surface area contributed by atoms with E-state index < -0.39 is 0 Å². The Morgan fingerprint density at radius 1 is 1.44 bits per heavy atom. The highest BCUT2D eigenvalue weighted by atomic mass is 16.1. The van der Waals surface area contributed by atoms with Crippen LogP contribution in [-0.2, 0) is 4.79 Å². The number of carbonyl (C=O) groups excluding carboxylic acids is 1. The van der Waals surface area contributed by atoms with Crippen LogP contribution < -0.4 is 5.32 Å². The molecule has 0 saturated heterocycles. The molecule has 2 nitrogen and oxygen atoms in total. The number of nitrogens with one attached hydrogen (secondary N) is 1. The van der Waals surface area contributed by atoms with Crippen LogP contribution in [0, 0.1) is 5.92 Å². The first-order valence-corrected chi connectivity index (χ1v) is 5.72. The summed E-state index contributed by atoms with van der Waals surface area (Å²) in [5, 5.41) is 3.06. The van der Waals surface area contributed by atoms with Crippen LogP contribution in [0.25, 0.3) is 0 Å². The van der Waals surface area contributed by atoms with E-state index in [1.54, 1.807) is 6.08 Å². The summed E-state index contributed by atoms with van der Waals surface area (Å²) >= 11 is 0. The van der Waals surface area contributed by atoms with E-state index in [-0.39, 0.29) is 5.92 Å². The van der Waals surface area contributed by atoms with E-state index in [0.29, 0.717) is 24.8 Å². The number of hydrogen-bond acceptors (Lipinski definition) is 2. The molecule has 1 saturated carbocycles. The summed E-state index contributed by atoms with van der Waals surface area (Å²) in [7, 11) is 0. The van der Waals surface area contributed by atoms with Crippen LogP contribution >= 0.6 is 0 Å². The molecule has 0 amide bonds. The highest BCUT2D eigenvalue weighted by molar-refractivity contribution is 5.86. The van der Waals surface area contributed by atoms with Gasteiger partial charge in [-0.1, -0.05) is 36.4 Å². The summed E-state index contributed by atoms with van der Waals surface area (Å²) in [5.41, 5.74) is 1.30. The molecule has 0 bridgehead atoms. The van der Waals surface area contributed by atoms with Crippen molar-refractivity contribution in [3.8, 4) is 0 Å². The van der Waals surface area contributed by atoms with E-state index in [1.807, 2.05) is 18.2 Å². The third kappa shape index (κ3) is 2.58. The van der Waals surface area contributed by atoms with Gasteiger partial charge in [0.2, 0.25) is 0 Å². The quantitative estimate of drug-likeness (QED) is 0.582. The van der Waals surface area contributed by atoms with Gasteiger partial charge in [0, 0.05) is 12.5 Å². The SMILES string of the molecule is C=CCNCC(=O)C1CC1c1ccccc1. The maximum Gasteiger partial charge on any atom is 0.150 e. The number of rotatable bonds is 6. The van der Waals surface area contributed by atoms with Gasteiger partial charge in [-0.2, -0.15) is 0 Å². The molecule has 1 aromatic rings. The van der Waals surface area contributed by atoms with E-state index in [4.69, 9.17) is 0 Å². The summed E-state index contributed by atoms with van der Waals surface area (Å²) in [6, 6.07) is 10.3. The second-order valence-electron chi connectivity index (χ2n) is 4.25. The lowest BCUT2D eigenvalue weighted by Gasteiger charge is -2.01. The fraction of sp³-hybridized carbons (Fsp3) is 0.357. The van der Waals surface area contributed by atoms with Crippen molar-refractivity contribution in [1.82, 2.24) is 5.32 Å². The van der Waals surface area contributed by atoms with E-state index in [9.17, 15) is 4.79 Å². The minimum absolute atomic E-state index is 0.236. The standard InChI is InChI=1S/C14H17NO/c1-2-8-15-10-14(16)13-9-12(13)11-6-4-3-5-7-11/h2-7,12-13,15H,1,8-10H2. The number of hydrogen-bond donors (Lipinski definition) is 1. The highest BCUT2D eigenvalue weighted by Crippen LogP contribution is 2.47. The van der Waals surface area contributed by atoms with E-state index in [2.05, 4.69) is 24.0 Å². The van der Waals surface area contributed by atoms with Gasteiger partial charge in [-0.3, -0.25) is 4.79 Å². The molecule has 0 radical (unpaired) electrons. The Balaban J connectivity index is 1.82. The van der Waals surface area contributed by atoms with E-state index in [0.717, 1.165) is 6.42 Å². The third-order valence-corrected chi connectivity index (χ3v) is 3.02. The average Bonchev–Trinajstić information content (AvgIpc) is 3.10. The molecule has 2 rings (SSSR count). The van der Waals surface area contributed by atoms with Crippen molar-refractivity contribution in [3.05, 3.63) is 48.6 Å². The van der Waals surface area contributed by atoms with E-state index >= 15 is 0 Å². The lowest BCUT2D eigenvalue weighted by Crippen LogP contribution is -2.24. The van der Waals surface area contributed by atoms with Crippen LogP contribution in [0.2, 0.25) is 0 Å². The van der Waals surface area contributed by atoms with Gasteiger partial charge >= 0.3 is 0 Å². The van der Waals surface area contributed by atoms with Gasteiger partial charge in [0.05, 0.1) is 6.54 Å². The Labute approximate surface area is 96.4 Å². The molecular formula is C14H17NO. The van der Waals surface area contributed by atoms with Crippen molar-refractivity contribution in [3.63, 3.8) is 0 Å². The van der Waals surface area contributed by atoms with Crippen LogP contribution in [-0.4, -0.2) is 18.9 Å². The third-order valence-electron chi connectivity index (χ3n) is 3.02. The molecule has 1 aromatic carbocycles. The highest BCUT2D eigenvalue weighted by Gasteiger charge is 2.42. The maximum atomic E-state index is 11.8. The molecule has 0 spiro atoms. The Morgan fingerprint density at radius 3 is 2.88 bits per heavy atom. The first-order valence-electron chi connectivity index (χ1n) is 5.72. The van der Waals surface area contributed by atoms with Crippen LogP contribution in [0.5, 0.6) is 0 Å². The van der Waals surface area contributed by atoms with Crippen molar-refractivity contribution in [2.24, 2.45) is 5.92 Å². The van der Waals surface area contributed by atoms with Crippen molar-refractivity contribution < 1.29 is 4.79 Å². The maximum absolute atomic E-state index is 11.8. The van der Waals surface area contributed by atoms with Gasteiger partial charge in [-0.05, 0) is 17.9 Å². The molecule has 2 unspecified atom stereocenters. The van der Waals surface area contributed by atoms with Gasteiger partial charge in [0.25, 0.3) is 0 Å². The number of Topliss-reactive ketones (excluding diaryl/α,β-unsaturated/α-hetero) is 1. The molecule has 0 heterocycles. The van der Waals surface area contributed by atoms with Gasteiger partial charge < -0.3 is 5.32 Å². The molecule has 1 aliphatic carbocycles. The molecule has 16 heavy (non-hydrogen) atoms. The fourth-order valence-electron chi connectivity index (χ4n) is 2.05. The zero-order valence-electron chi connectivity index (χ0n) is 9.36. The molecule has 1 aliphatic rings. The average molecular weight is 215 g/mol. The van der Waals surface area contributed by atoms with Crippen molar-refractivity contribution >= 4 is 5.78 Å². The molecule has 1 N–H and O–H groups in total. The monoisotopic (exact) mass is 215 g/mol. The van der Waals surface area contributed by atoms with Gasteiger partial charge in [-0.15, -0.1) is 6.58 Å². The normalized spacial score (nSPS) is 22.8. The van der Waals surface area contributed by atoms with Gasteiger partial charge in [-0.25, -0.2) is 0 Å². The predicted molar refractivity (Wildman–Crippen MR) is 65.4 cm³/mol. The van der Waals surface area contributed by atoms with Crippen LogP contribution in [0.3, 0.4) is 0 Å². The Morgan fingerprint density at radius 2 is 2.19 bits per heavy atom. The molecule has 1 fully saturated rings. The summed E-state index contributed by atoms with van der Waals surface area (Å²) in [4.78, 5) is 11.8. The molecule has 0 aliphatic heterocycles. The molecule has 0 aromatic heterocycles. The smallest absolute Gasteiger partial charge is 0.150 e. The molecule has 2 atom stereocenters. The molecule has 2 heteroatoms. The zero-order valence-corrected chi connectivity index (χ0v) is 9.36.